The first kappa shape index (κ1) is 13.9. The molecule has 0 aromatic heterocycles. The summed E-state index contributed by atoms with van der Waals surface area (Å²) >= 11 is 2.93. The molecule has 1 aromatic carbocycles. The fraction of sp³-hybridized carbons (Fsp3) is 0.333. The molecule has 0 unspecified atom stereocenters. The van der Waals surface area contributed by atoms with E-state index in [2.05, 4.69) is 15.9 Å². The monoisotopic (exact) mass is 310 g/mol. The van der Waals surface area contributed by atoms with Gasteiger partial charge < -0.3 is 10.8 Å². The molecule has 94 valence electrons. The lowest BCUT2D eigenvalue weighted by atomic mass is 10.0. The molecule has 5 nitrogen and oxygen atoms in total. The second kappa shape index (κ2) is 5.03. The molecule has 0 radical (unpaired) electrons. The first-order valence-corrected chi connectivity index (χ1v) is 5.27. The minimum atomic E-state index is -3.53. The summed E-state index contributed by atoms with van der Waals surface area (Å²) in [4.78, 5) is 9.90. The lowest BCUT2D eigenvalue weighted by Crippen LogP contribution is -2.36. The molecule has 1 aromatic rings. The molecular formula is C9H9BrF2N2O3. The fourth-order valence-electron chi connectivity index (χ4n) is 1.21. The smallest absolute Gasteiger partial charge is 0.289 e. The van der Waals surface area contributed by atoms with Crippen molar-refractivity contribution in [3.05, 3.63) is 38.3 Å². The number of alkyl halides is 2. The number of aliphatic hydroxyl groups is 1. The maximum atomic E-state index is 13.1. The average Bonchev–Trinajstić information content (AvgIpc) is 2.28. The Labute approximate surface area is 104 Å². The topological polar surface area (TPSA) is 89.4 Å². The lowest BCUT2D eigenvalue weighted by molar-refractivity contribution is -0.385. The van der Waals surface area contributed by atoms with Gasteiger partial charge in [-0.2, -0.15) is 0 Å². The van der Waals surface area contributed by atoms with E-state index < -0.39 is 23.5 Å². The lowest BCUT2D eigenvalue weighted by Gasteiger charge is -2.21. The van der Waals surface area contributed by atoms with Gasteiger partial charge in [0.15, 0.2) is 0 Å². The summed E-state index contributed by atoms with van der Waals surface area (Å²) < 4.78 is 26.4. The number of nitrogens with zero attached hydrogens (tertiary/aromatic N) is 1. The number of hydrogen-bond acceptors (Lipinski definition) is 4. The van der Waals surface area contributed by atoms with Crippen molar-refractivity contribution in [1.29, 1.82) is 0 Å². The van der Waals surface area contributed by atoms with Gasteiger partial charge in [0.1, 0.15) is 6.61 Å². The molecule has 3 N–H and O–H groups in total. The van der Waals surface area contributed by atoms with Crippen molar-refractivity contribution in [2.45, 2.75) is 12.0 Å². The molecule has 0 bridgehead atoms. The van der Waals surface area contributed by atoms with Crippen LogP contribution in [0.2, 0.25) is 0 Å². The second-order valence-corrected chi connectivity index (χ2v) is 4.22. The van der Waals surface area contributed by atoms with Crippen LogP contribution in [0, 0.1) is 10.1 Å². The number of nitro groups is 1. The minimum absolute atomic E-state index is 0.112. The van der Waals surface area contributed by atoms with E-state index in [1.165, 1.54) is 12.1 Å². The number of hydrogen-bond donors (Lipinski definition) is 2. The van der Waals surface area contributed by atoms with Gasteiger partial charge in [-0.25, -0.2) is 8.78 Å². The summed E-state index contributed by atoms with van der Waals surface area (Å²) in [6.45, 7) is -1.42. The highest BCUT2D eigenvalue weighted by Crippen LogP contribution is 2.33. The average molecular weight is 311 g/mol. The van der Waals surface area contributed by atoms with Gasteiger partial charge in [-0.3, -0.25) is 10.1 Å². The molecule has 1 rings (SSSR count). The minimum Gasteiger partial charge on any atom is -0.390 e. The number of halogens is 3. The Kier molecular flexibility index (Phi) is 4.12. The van der Waals surface area contributed by atoms with Gasteiger partial charge >= 0.3 is 0 Å². The van der Waals surface area contributed by atoms with Gasteiger partial charge in [0.05, 0.1) is 15.4 Å². The molecular weight excluding hydrogens is 302 g/mol. The first-order chi connectivity index (χ1) is 7.79. The molecule has 8 heteroatoms. The zero-order chi connectivity index (χ0) is 13.2. The number of rotatable bonds is 4. The van der Waals surface area contributed by atoms with Gasteiger partial charge in [-0.1, -0.05) is 6.07 Å². The third kappa shape index (κ3) is 2.96. The second-order valence-electron chi connectivity index (χ2n) is 3.36. The first-order valence-electron chi connectivity index (χ1n) is 4.47. The Morgan fingerprint density at radius 2 is 2.18 bits per heavy atom. The van der Waals surface area contributed by atoms with E-state index in [-0.39, 0.29) is 15.7 Å². The zero-order valence-electron chi connectivity index (χ0n) is 8.44. The standard InChI is InChI=1S/C9H9BrF2N2O3/c10-6-2-1-5(3-7(6)14(16)17)8(13)9(11,12)4-15/h1-3,8,15H,4,13H2/t8-/m0/s1. The summed E-state index contributed by atoms with van der Waals surface area (Å²) in [5, 5.41) is 19.1. The highest BCUT2D eigenvalue weighted by Gasteiger charge is 2.38. The van der Waals surface area contributed by atoms with Crippen LogP contribution in [-0.4, -0.2) is 22.6 Å². The third-order valence-electron chi connectivity index (χ3n) is 2.19. The van der Waals surface area contributed by atoms with E-state index >= 15 is 0 Å². The van der Waals surface area contributed by atoms with Crippen molar-refractivity contribution in [2.24, 2.45) is 5.73 Å². The SMILES string of the molecule is N[C@@H](c1ccc(Br)c([N+](=O)[O-])c1)C(F)(F)CO. The van der Waals surface area contributed by atoms with Crippen molar-refractivity contribution in [3.63, 3.8) is 0 Å². The number of aliphatic hydroxyl groups excluding tert-OH is 1. The van der Waals surface area contributed by atoms with Gasteiger partial charge in [-0.05, 0) is 27.6 Å². The van der Waals surface area contributed by atoms with E-state index in [4.69, 9.17) is 10.8 Å². The van der Waals surface area contributed by atoms with Crippen molar-refractivity contribution >= 4 is 21.6 Å². The Bertz CT molecular complexity index is 442. The van der Waals surface area contributed by atoms with Gasteiger partial charge in [-0.15, -0.1) is 0 Å². The van der Waals surface area contributed by atoms with Crippen LogP contribution in [0.4, 0.5) is 14.5 Å². The number of nitro benzene ring substituents is 1. The predicted octanol–water partition coefficient (Wildman–Crippen LogP) is 1.98. The quantitative estimate of drug-likeness (QED) is 0.657. The molecule has 0 heterocycles. The Morgan fingerprint density at radius 1 is 1.59 bits per heavy atom. The highest BCUT2D eigenvalue weighted by atomic mass is 79.9. The summed E-state index contributed by atoms with van der Waals surface area (Å²) in [6, 6.07) is 1.67. The van der Waals surface area contributed by atoms with Crippen LogP contribution in [0.15, 0.2) is 22.7 Å². The molecule has 17 heavy (non-hydrogen) atoms. The van der Waals surface area contributed by atoms with Crippen LogP contribution in [0.5, 0.6) is 0 Å². The van der Waals surface area contributed by atoms with Gasteiger partial charge in [0.2, 0.25) is 0 Å². The molecule has 1 atom stereocenters. The van der Waals surface area contributed by atoms with E-state index in [0.29, 0.717) is 0 Å². The maximum absolute atomic E-state index is 13.1. The van der Waals surface area contributed by atoms with E-state index in [1.807, 2.05) is 0 Å². The summed E-state index contributed by atoms with van der Waals surface area (Å²) in [6.07, 6.45) is 0. The highest BCUT2D eigenvalue weighted by molar-refractivity contribution is 9.10. The maximum Gasteiger partial charge on any atom is 0.289 e. The molecule has 0 spiro atoms. The van der Waals surface area contributed by atoms with Crippen LogP contribution < -0.4 is 5.73 Å². The Hall–Kier alpha value is -1.12. The third-order valence-corrected chi connectivity index (χ3v) is 2.86. The molecule has 0 aliphatic heterocycles. The van der Waals surface area contributed by atoms with Gasteiger partial charge in [0.25, 0.3) is 11.6 Å². The summed E-state index contributed by atoms with van der Waals surface area (Å²) in [5.41, 5.74) is 4.79. The van der Waals surface area contributed by atoms with Crippen LogP contribution in [0.3, 0.4) is 0 Å². The van der Waals surface area contributed by atoms with Gasteiger partial charge in [0, 0.05) is 6.07 Å². The van der Waals surface area contributed by atoms with Crippen LogP contribution in [0.1, 0.15) is 11.6 Å². The van der Waals surface area contributed by atoms with Crippen molar-refractivity contribution < 1.29 is 18.8 Å². The number of nitrogens with two attached hydrogens (primary N) is 1. The molecule has 0 amide bonds. The molecule has 0 aliphatic carbocycles. The van der Waals surface area contributed by atoms with Crippen molar-refractivity contribution in [3.8, 4) is 0 Å². The van der Waals surface area contributed by atoms with Crippen LogP contribution >= 0.6 is 15.9 Å². The summed E-state index contributed by atoms with van der Waals surface area (Å²) in [7, 11) is 0. The van der Waals surface area contributed by atoms with Crippen molar-refractivity contribution in [2.75, 3.05) is 6.61 Å². The molecule has 0 saturated heterocycles. The van der Waals surface area contributed by atoms with E-state index in [9.17, 15) is 18.9 Å². The molecule has 0 fully saturated rings. The molecule has 0 saturated carbocycles. The number of benzene rings is 1. The Morgan fingerprint density at radius 3 is 2.65 bits per heavy atom. The fourth-order valence-corrected chi connectivity index (χ4v) is 1.60. The van der Waals surface area contributed by atoms with E-state index in [1.54, 1.807) is 0 Å². The van der Waals surface area contributed by atoms with Crippen molar-refractivity contribution in [1.82, 2.24) is 0 Å². The Balaban J connectivity index is 3.16. The largest absolute Gasteiger partial charge is 0.390 e. The molecule has 0 aliphatic rings. The van der Waals surface area contributed by atoms with E-state index in [0.717, 1.165) is 6.07 Å². The zero-order valence-corrected chi connectivity index (χ0v) is 10.0. The normalized spacial score (nSPS) is 13.5. The van der Waals surface area contributed by atoms with Crippen LogP contribution in [0.25, 0.3) is 0 Å². The predicted molar refractivity (Wildman–Crippen MR) is 59.8 cm³/mol. The summed E-state index contributed by atoms with van der Waals surface area (Å²) in [5.74, 6) is -3.53. The van der Waals surface area contributed by atoms with Crippen LogP contribution in [-0.2, 0) is 0 Å².